The van der Waals surface area contributed by atoms with E-state index < -0.39 is 12.0 Å². The molecule has 0 saturated carbocycles. The van der Waals surface area contributed by atoms with Gasteiger partial charge in [-0.3, -0.25) is 4.79 Å². The standard InChI is InChI=1S/C21H23N5O3/c1-4-10-25-15(2)11-18(16(25)3)20(27)13-29-21(28)19(26-14-22-23-24-26)12-17-8-6-5-7-9-17/h4-9,11,14,19H,1,10,12-13H2,2-3H3/t19-/m0/s1. The van der Waals surface area contributed by atoms with E-state index in [0.29, 0.717) is 18.5 Å². The summed E-state index contributed by atoms with van der Waals surface area (Å²) in [4.78, 5) is 25.4. The first-order valence-electron chi connectivity index (χ1n) is 9.25. The highest BCUT2D eigenvalue weighted by Gasteiger charge is 2.25. The van der Waals surface area contributed by atoms with E-state index in [0.717, 1.165) is 17.0 Å². The molecule has 1 aromatic carbocycles. The van der Waals surface area contributed by atoms with Crippen LogP contribution in [0.15, 0.2) is 55.4 Å². The molecule has 150 valence electrons. The number of aryl methyl sites for hydroxylation is 1. The van der Waals surface area contributed by atoms with Crippen molar-refractivity contribution in [1.29, 1.82) is 0 Å². The molecular weight excluding hydrogens is 370 g/mol. The fourth-order valence-corrected chi connectivity index (χ4v) is 3.24. The van der Waals surface area contributed by atoms with Crippen LogP contribution in [0.5, 0.6) is 0 Å². The summed E-state index contributed by atoms with van der Waals surface area (Å²) in [6, 6.07) is 10.5. The van der Waals surface area contributed by atoms with Gasteiger partial charge in [-0.15, -0.1) is 11.7 Å². The largest absolute Gasteiger partial charge is 0.456 e. The van der Waals surface area contributed by atoms with E-state index in [1.54, 1.807) is 12.1 Å². The molecule has 0 amide bonds. The van der Waals surface area contributed by atoms with Crippen LogP contribution in [0.2, 0.25) is 0 Å². The molecule has 29 heavy (non-hydrogen) atoms. The lowest BCUT2D eigenvalue weighted by atomic mass is 10.1. The number of allylic oxidation sites excluding steroid dienone is 1. The van der Waals surface area contributed by atoms with Gasteiger partial charge in [0.2, 0.25) is 5.78 Å². The lowest BCUT2D eigenvalue weighted by Gasteiger charge is -2.15. The number of esters is 1. The van der Waals surface area contributed by atoms with Gasteiger partial charge in [0.05, 0.1) is 0 Å². The third-order valence-electron chi connectivity index (χ3n) is 4.76. The second kappa shape index (κ2) is 9.09. The molecule has 0 aliphatic carbocycles. The van der Waals surface area contributed by atoms with Gasteiger partial charge in [-0.1, -0.05) is 36.4 Å². The number of ether oxygens (including phenoxy) is 1. The summed E-state index contributed by atoms with van der Waals surface area (Å²) in [6.07, 6.45) is 3.49. The minimum atomic E-state index is -0.756. The summed E-state index contributed by atoms with van der Waals surface area (Å²) in [5.74, 6) is -0.814. The van der Waals surface area contributed by atoms with E-state index in [-0.39, 0.29) is 12.4 Å². The maximum absolute atomic E-state index is 12.7. The number of carbonyl (C=O) groups is 2. The minimum Gasteiger partial charge on any atom is -0.456 e. The van der Waals surface area contributed by atoms with Crippen LogP contribution in [0.1, 0.15) is 33.4 Å². The molecule has 0 radical (unpaired) electrons. The average Bonchev–Trinajstić information content (AvgIpc) is 3.35. The number of nitrogens with zero attached hydrogens (tertiary/aromatic N) is 5. The van der Waals surface area contributed by atoms with Crippen LogP contribution in [-0.4, -0.2) is 43.1 Å². The molecule has 0 N–H and O–H groups in total. The van der Waals surface area contributed by atoms with Crippen molar-refractivity contribution in [2.45, 2.75) is 32.9 Å². The van der Waals surface area contributed by atoms with Crippen molar-refractivity contribution in [3.05, 3.63) is 77.9 Å². The van der Waals surface area contributed by atoms with Gasteiger partial charge in [-0.25, -0.2) is 9.48 Å². The fourth-order valence-electron chi connectivity index (χ4n) is 3.24. The number of carbonyl (C=O) groups excluding carboxylic acids is 2. The maximum atomic E-state index is 12.7. The zero-order valence-corrected chi connectivity index (χ0v) is 16.5. The Hall–Kier alpha value is -3.55. The molecule has 0 aliphatic rings. The molecule has 0 unspecified atom stereocenters. The number of tetrazole rings is 1. The second-order valence-corrected chi connectivity index (χ2v) is 6.71. The Morgan fingerprint density at radius 2 is 2.00 bits per heavy atom. The Morgan fingerprint density at radius 1 is 1.24 bits per heavy atom. The number of hydrogen-bond donors (Lipinski definition) is 0. The van der Waals surface area contributed by atoms with Crippen molar-refractivity contribution in [3.63, 3.8) is 0 Å². The van der Waals surface area contributed by atoms with Gasteiger partial charge in [0.15, 0.2) is 12.6 Å². The van der Waals surface area contributed by atoms with Gasteiger partial charge in [0, 0.05) is 29.9 Å². The number of aromatic nitrogens is 5. The Bertz CT molecular complexity index is 993. The summed E-state index contributed by atoms with van der Waals surface area (Å²) in [7, 11) is 0. The second-order valence-electron chi connectivity index (χ2n) is 6.71. The number of Topliss-reactive ketones (excluding diaryl/α,β-unsaturated/α-hetero) is 1. The van der Waals surface area contributed by atoms with Crippen LogP contribution in [0.3, 0.4) is 0 Å². The molecule has 0 saturated heterocycles. The zero-order chi connectivity index (χ0) is 20.8. The van der Waals surface area contributed by atoms with Crippen molar-refractivity contribution >= 4 is 11.8 Å². The smallest absolute Gasteiger partial charge is 0.331 e. The third-order valence-corrected chi connectivity index (χ3v) is 4.76. The molecule has 0 bridgehead atoms. The van der Waals surface area contributed by atoms with Crippen LogP contribution in [0.25, 0.3) is 0 Å². The molecule has 0 aliphatic heterocycles. The van der Waals surface area contributed by atoms with Crippen molar-refractivity contribution in [3.8, 4) is 0 Å². The molecular formula is C21H23N5O3. The van der Waals surface area contributed by atoms with E-state index in [9.17, 15) is 9.59 Å². The highest BCUT2D eigenvalue weighted by Crippen LogP contribution is 2.18. The Labute approximate surface area is 168 Å². The number of rotatable bonds is 9. The van der Waals surface area contributed by atoms with Crippen LogP contribution in [-0.2, 0) is 22.5 Å². The maximum Gasteiger partial charge on any atom is 0.331 e. The molecule has 3 rings (SSSR count). The van der Waals surface area contributed by atoms with Crippen LogP contribution in [0, 0.1) is 13.8 Å². The molecule has 0 fully saturated rings. The Balaban J connectivity index is 1.71. The summed E-state index contributed by atoms with van der Waals surface area (Å²) in [6.45, 7) is 7.80. The number of benzene rings is 1. The predicted molar refractivity (Wildman–Crippen MR) is 106 cm³/mol. The topological polar surface area (TPSA) is 91.9 Å². The zero-order valence-electron chi connectivity index (χ0n) is 16.5. The first-order valence-corrected chi connectivity index (χ1v) is 9.25. The van der Waals surface area contributed by atoms with Gasteiger partial charge < -0.3 is 9.30 Å². The van der Waals surface area contributed by atoms with Crippen molar-refractivity contribution in [2.24, 2.45) is 0 Å². The predicted octanol–water partition coefficient (Wildman–Crippen LogP) is 2.49. The quantitative estimate of drug-likeness (QED) is 0.315. The summed E-state index contributed by atoms with van der Waals surface area (Å²) < 4.78 is 8.68. The third kappa shape index (κ3) is 4.66. The van der Waals surface area contributed by atoms with Crippen molar-refractivity contribution in [1.82, 2.24) is 24.8 Å². The minimum absolute atomic E-state index is 0.253. The molecule has 2 heterocycles. The summed E-state index contributed by atoms with van der Waals surface area (Å²) in [5, 5.41) is 11.0. The first kappa shape index (κ1) is 20.2. The molecule has 3 aromatic rings. The highest BCUT2D eigenvalue weighted by atomic mass is 16.5. The lowest BCUT2D eigenvalue weighted by Crippen LogP contribution is -2.27. The molecule has 2 aromatic heterocycles. The van der Waals surface area contributed by atoms with Gasteiger partial charge in [-0.2, -0.15) is 0 Å². The van der Waals surface area contributed by atoms with Crippen molar-refractivity contribution < 1.29 is 14.3 Å². The first-order chi connectivity index (χ1) is 14.0. The van der Waals surface area contributed by atoms with E-state index >= 15 is 0 Å². The van der Waals surface area contributed by atoms with E-state index in [4.69, 9.17) is 4.74 Å². The highest BCUT2D eigenvalue weighted by molar-refractivity contribution is 5.99. The van der Waals surface area contributed by atoms with E-state index in [1.165, 1.54) is 11.0 Å². The molecule has 0 spiro atoms. The molecule has 8 heteroatoms. The van der Waals surface area contributed by atoms with Crippen LogP contribution >= 0.6 is 0 Å². The Kier molecular flexibility index (Phi) is 6.33. The van der Waals surface area contributed by atoms with E-state index in [2.05, 4.69) is 22.1 Å². The van der Waals surface area contributed by atoms with Crippen molar-refractivity contribution in [2.75, 3.05) is 6.61 Å². The average molecular weight is 393 g/mol. The monoisotopic (exact) mass is 393 g/mol. The summed E-state index contributed by atoms with van der Waals surface area (Å²) in [5.41, 5.74) is 3.25. The fraction of sp³-hybridized carbons (Fsp3) is 0.286. The van der Waals surface area contributed by atoms with Gasteiger partial charge in [-0.05, 0) is 35.9 Å². The Morgan fingerprint density at radius 3 is 2.66 bits per heavy atom. The van der Waals surface area contributed by atoms with Crippen LogP contribution in [0.4, 0.5) is 0 Å². The normalized spacial score (nSPS) is 11.8. The molecule has 8 nitrogen and oxygen atoms in total. The van der Waals surface area contributed by atoms with Crippen LogP contribution < -0.4 is 0 Å². The molecule has 1 atom stereocenters. The lowest BCUT2D eigenvalue weighted by molar-refractivity contribution is -0.146. The number of ketones is 1. The van der Waals surface area contributed by atoms with E-state index in [1.807, 2.05) is 48.7 Å². The number of hydrogen-bond acceptors (Lipinski definition) is 6. The van der Waals surface area contributed by atoms with Gasteiger partial charge in [0.25, 0.3) is 0 Å². The van der Waals surface area contributed by atoms with Gasteiger partial charge >= 0.3 is 5.97 Å². The summed E-state index contributed by atoms with van der Waals surface area (Å²) >= 11 is 0. The van der Waals surface area contributed by atoms with Gasteiger partial charge in [0.1, 0.15) is 6.33 Å². The SMILES string of the molecule is C=CCn1c(C)cc(C(=O)COC(=O)[C@H](Cc2ccccc2)n2cnnn2)c1C.